The van der Waals surface area contributed by atoms with Crippen molar-refractivity contribution in [2.45, 2.75) is 77.5 Å². The number of benzene rings is 3. The number of amides is 4. The number of ether oxygens (including phenoxy) is 2. The zero-order valence-electron chi connectivity index (χ0n) is 32.5. The lowest BCUT2D eigenvalue weighted by molar-refractivity contribution is -0.136. The molecule has 4 amide bonds. The number of hydrogen-bond donors (Lipinski definition) is 2. The number of aromatic nitrogens is 2. The minimum Gasteiger partial charge on any atom is -0.453 e. The molecule has 0 spiro atoms. The summed E-state index contributed by atoms with van der Waals surface area (Å²) >= 11 is 3.23. The van der Waals surface area contributed by atoms with Gasteiger partial charge in [0.15, 0.2) is 0 Å². The fourth-order valence-corrected chi connectivity index (χ4v) is 9.97. The van der Waals surface area contributed by atoms with E-state index in [1.54, 1.807) is 22.7 Å². The van der Waals surface area contributed by atoms with Crippen molar-refractivity contribution in [2.24, 2.45) is 11.8 Å². The summed E-state index contributed by atoms with van der Waals surface area (Å²) in [6.45, 7) is 8.91. The molecule has 0 aliphatic carbocycles. The van der Waals surface area contributed by atoms with E-state index in [-0.39, 0.29) is 35.7 Å². The van der Waals surface area contributed by atoms with Crippen molar-refractivity contribution in [2.75, 3.05) is 27.3 Å². The Kier molecular flexibility index (Phi) is 11.6. The van der Waals surface area contributed by atoms with Gasteiger partial charge in [-0.05, 0) is 84.0 Å². The predicted octanol–water partition coefficient (Wildman–Crippen LogP) is 8.33. The number of nitrogens with one attached hydrogen (secondary N) is 2. The molecule has 5 aromatic rings. The molecule has 56 heavy (non-hydrogen) atoms. The molecule has 4 heterocycles. The molecule has 2 aliphatic heterocycles. The first-order valence-corrected chi connectivity index (χ1v) is 20.8. The molecule has 2 fully saturated rings. The third-order valence-corrected chi connectivity index (χ3v) is 13.0. The molecule has 0 radical (unpaired) electrons. The van der Waals surface area contributed by atoms with E-state index in [9.17, 15) is 19.2 Å². The summed E-state index contributed by atoms with van der Waals surface area (Å²) in [6, 6.07) is 19.5. The third kappa shape index (κ3) is 7.94. The molecule has 14 heteroatoms. The van der Waals surface area contributed by atoms with Gasteiger partial charge in [0.05, 0.1) is 46.7 Å². The van der Waals surface area contributed by atoms with Crippen LogP contribution in [-0.4, -0.2) is 83.2 Å². The molecule has 4 atom stereocenters. The van der Waals surface area contributed by atoms with Gasteiger partial charge in [-0.1, -0.05) is 64.1 Å². The molecule has 2 N–H and O–H groups in total. The van der Waals surface area contributed by atoms with Crippen LogP contribution in [0.5, 0.6) is 0 Å². The number of rotatable bonds is 10. The van der Waals surface area contributed by atoms with Crippen molar-refractivity contribution < 1.29 is 28.7 Å². The number of carbonyl (C=O) groups excluding carboxylic acids is 4. The van der Waals surface area contributed by atoms with E-state index in [1.807, 2.05) is 43.6 Å². The molecule has 2 aromatic heterocycles. The minimum absolute atomic E-state index is 0.0925. The van der Waals surface area contributed by atoms with Crippen LogP contribution in [0.3, 0.4) is 0 Å². The first kappa shape index (κ1) is 39.2. The van der Waals surface area contributed by atoms with Crippen LogP contribution in [0.4, 0.5) is 9.59 Å². The molecular weight excluding hydrogens is 749 g/mol. The van der Waals surface area contributed by atoms with Gasteiger partial charge in [-0.3, -0.25) is 9.59 Å². The molecule has 294 valence electrons. The topological polar surface area (TPSA) is 143 Å². The van der Waals surface area contributed by atoms with Crippen molar-refractivity contribution in [3.8, 4) is 22.3 Å². The highest BCUT2D eigenvalue weighted by Crippen LogP contribution is 2.40. The quantitative estimate of drug-likeness (QED) is 0.144. The van der Waals surface area contributed by atoms with Gasteiger partial charge in [0.1, 0.15) is 22.1 Å². The fourth-order valence-electron chi connectivity index (χ4n) is 7.72. The summed E-state index contributed by atoms with van der Waals surface area (Å²) in [6.07, 6.45) is 2.17. The second-order valence-electron chi connectivity index (χ2n) is 15.1. The number of fused-ring (bicyclic) bond motifs is 2. The molecule has 7 rings (SSSR count). The molecule has 0 saturated carbocycles. The molecule has 3 aromatic carbocycles. The van der Waals surface area contributed by atoms with Gasteiger partial charge in [-0.25, -0.2) is 19.6 Å². The van der Waals surface area contributed by atoms with E-state index < -0.39 is 24.3 Å². The van der Waals surface area contributed by atoms with Crippen molar-refractivity contribution in [1.29, 1.82) is 0 Å². The maximum Gasteiger partial charge on any atom is 0.407 e. The molecule has 2 aliphatic rings. The summed E-state index contributed by atoms with van der Waals surface area (Å²) in [4.78, 5) is 65.0. The van der Waals surface area contributed by atoms with Crippen molar-refractivity contribution in [3.05, 3.63) is 70.7 Å². The Morgan fingerprint density at radius 3 is 1.57 bits per heavy atom. The van der Waals surface area contributed by atoms with Gasteiger partial charge in [0.25, 0.3) is 0 Å². The van der Waals surface area contributed by atoms with Crippen LogP contribution in [0.15, 0.2) is 60.7 Å². The number of thiazole rings is 2. The van der Waals surface area contributed by atoms with Crippen LogP contribution in [-0.2, 0) is 19.1 Å². The molecule has 0 bridgehead atoms. The van der Waals surface area contributed by atoms with Crippen LogP contribution in [0.2, 0.25) is 0 Å². The van der Waals surface area contributed by atoms with Crippen LogP contribution in [0, 0.1) is 11.8 Å². The van der Waals surface area contributed by atoms with E-state index in [4.69, 9.17) is 19.4 Å². The average Bonchev–Trinajstić information content (AvgIpc) is 4.03. The van der Waals surface area contributed by atoms with Crippen molar-refractivity contribution in [3.63, 3.8) is 0 Å². The summed E-state index contributed by atoms with van der Waals surface area (Å²) in [5, 5.41) is 7.25. The van der Waals surface area contributed by atoms with Crippen LogP contribution in [0.25, 0.3) is 42.7 Å². The van der Waals surface area contributed by atoms with Crippen molar-refractivity contribution in [1.82, 2.24) is 30.4 Å². The van der Waals surface area contributed by atoms with E-state index in [1.165, 1.54) is 14.2 Å². The highest BCUT2D eigenvalue weighted by molar-refractivity contribution is 7.19. The monoisotopic (exact) mass is 796 g/mol. The zero-order valence-corrected chi connectivity index (χ0v) is 34.2. The van der Waals surface area contributed by atoms with Gasteiger partial charge in [-0.15, -0.1) is 22.7 Å². The van der Waals surface area contributed by atoms with Crippen LogP contribution < -0.4 is 10.6 Å². The Hall–Kier alpha value is -5.08. The van der Waals surface area contributed by atoms with Gasteiger partial charge in [0, 0.05) is 13.1 Å². The lowest BCUT2D eigenvalue weighted by Crippen LogP contribution is -2.51. The second kappa shape index (κ2) is 16.6. The van der Waals surface area contributed by atoms with Gasteiger partial charge >= 0.3 is 12.2 Å². The van der Waals surface area contributed by atoms with Gasteiger partial charge in [-0.2, -0.15) is 0 Å². The smallest absolute Gasteiger partial charge is 0.407 e. The van der Waals surface area contributed by atoms with E-state index in [0.29, 0.717) is 13.1 Å². The second-order valence-corrected chi connectivity index (χ2v) is 17.3. The van der Waals surface area contributed by atoms with Gasteiger partial charge in [0.2, 0.25) is 11.8 Å². The Labute approximate surface area is 334 Å². The SMILES string of the molecule is COC(=O)N[C@H](C(=O)N1CCC[C@H]1c1nc2cc(-c3ccc(-c4ccc5nc([C@@H]6CCCN6C(=O)[C@@H](NC(=O)OC)C(C)C)sc5c4)cc3)ccc2s1)C(C)C. The average molecular weight is 797 g/mol. The molecular formula is C42H48N6O6S2. The Balaban J connectivity index is 1.06. The van der Waals surface area contributed by atoms with Crippen LogP contribution in [0.1, 0.15) is 75.5 Å². The molecule has 0 unspecified atom stereocenters. The summed E-state index contributed by atoms with van der Waals surface area (Å²) in [5.41, 5.74) is 6.09. The Morgan fingerprint density at radius 2 is 1.07 bits per heavy atom. The molecule has 12 nitrogen and oxygen atoms in total. The number of hydrogen-bond acceptors (Lipinski definition) is 10. The summed E-state index contributed by atoms with van der Waals surface area (Å²) in [5.74, 6) is -0.405. The maximum atomic E-state index is 13.6. The number of alkyl carbamates (subject to hydrolysis) is 2. The number of likely N-dealkylation sites (tertiary alicyclic amines) is 2. The highest BCUT2D eigenvalue weighted by Gasteiger charge is 2.39. The highest BCUT2D eigenvalue weighted by atomic mass is 32.1. The van der Waals surface area contributed by atoms with E-state index >= 15 is 0 Å². The normalized spacial score (nSPS) is 18.1. The first-order valence-electron chi connectivity index (χ1n) is 19.2. The molecule has 2 saturated heterocycles. The Bertz CT molecular complexity index is 2090. The lowest BCUT2D eigenvalue weighted by atomic mass is 10.00. The summed E-state index contributed by atoms with van der Waals surface area (Å²) < 4.78 is 11.7. The van der Waals surface area contributed by atoms with Crippen molar-refractivity contribution >= 4 is 67.1 Å². The lowest BCUT2D eigenvalue weighted by Gasteiger charge is -2.29. The number of carbonyl (C=O) groups is 4. The van der Waals surface area contributed by atoms with E-state index in [2.05, 4.69) is 65.2 Å². The minimum atomic E-state index is -0.671. The van der Waals surface area contributed by atoms with Crippen LogP contribution >= 0.6 is 22.7 Å². The predicted molar refractivity (Wildman–Crippen MR) is 219 cm³/mol. The zero-order chi connectivity index (χ0) is 39.7. The third-order valence-electron chi connectivity index (χ3n) is 10.8. The standard InChI is InChI=1S/C42H48N6O6S2/c1-23(2)35(45-41(51)53-5)39(49)47-19-7-9-31(47)37-43-29-17-15-28(22-34(29)56-37)26-13-11-25(12-14-26)27-16-18-33-30(21-27)44-38(55-33)32-10-8-20-48(32)40(50)36(24(3)4)46-42(52)54-6/h11-18,21-24,31-32,35-36H,7-10,19-20H2,1-6H3,(H,45,51)(H,46,52)/t31-,32-,35-,36-/m0/s1. The van der Waals surface area contributed by atoms with Gasteiger partial charge < -0.3 is 29.9 Å². The maximum absolute atomic E-state index is 13.6. The number of nitrogens with zero attached hydrogens (tertiary/aromatic N) is 4. The first-order chi connectivity index (χ1) is 26.9. The number of methoxy groups -OCH3 is 2. The fraction of sp³-hybridized carbons (Fsp3) is 0.429. The Morgan fingerprint density at radius 1 is 0.625 bits per heavy atom. The largest absolute Gasteiger partial charge is 0.453 e. The van der Waals surface area contributed by atoms with E-state index in [0.717, 1.165) is 78.4 Å². The summed E-state index contributed by atoms with van der Waals surface area (Å²) in [7, 11) is 2.60.